The zero-order valence-electron chi connectivity index (χ0n) is 11.5. The molecule has 0 aliphatic carbocycles. The van der Waals surface area contributed by atoms with Crippen molar-refractivity contribution in [1.29, 1.82) is 0 Å². The standard InChI is InChI=1S/C16H19NOS/c1-12(14-10-7-11-19-14)17-15(18)16(2,3)13-8-5-4-6-9-13/h4-12H,1-3H3,(H,17,18). The largest absolute Gasteiger partial charge is 0.348 e. The Balaban J connectivity index is 2.11. The van der Waals surface area contributed by atoms with Crippen LogP contribution in [0.25, 0.3) is 0 Å². The first-order valence-corrected chi connectivity index (χ1v) is 7.29. The van der Waals surface area contributed by atoms with E-state index in [1.807, 2.05) is 68.6 Å². The number of rotatable bonds is 4. The number of carbonyl (C=O) groups excluding carboxylic acids is 1. The molecular formula is C16H19NOS. The second-order valence-corrected chi connectivity index (χ2v) is 6.18. The Kier molecular flexibility index (Phi) is 4.05. The summed E-state index contributed by atoms with van der Waals surface area (Å²) in [5.41, 5.74) is 0.512. The first-order chi connectivity index (χ1) is 9.01. The van der Waals surface area contributed by atoms with Crippen molar-refractivity contribution in [1.82, 2.24) is 5.32 Å². The highest BCUT2D eigenvalue weighted by Gasteiger charge is 2.30. The zero-order valence-corrected chi connectivity index (χ0v) is 12.3. The molecule has 0 bridgehead atoms. The summed E-state index contributed by atoms with van der Waals surface area (Å²) in [6.07, 6.45) is 0. The van der Waals surface area contributed by atoms with E-state index in [2.05, 4.69) is 5.32 Å². The summed E-state index contributed by atoms with van der Waals surface area (Å²) < 4.78 is 0. The van der Waals surface area contributed by atoms with Gasteiger partial charge in [-0.3, -0.25) is 4.79 Å². The fourth-order valence-electron chi connectivity index (χ4n) is 1.97. The van der Waals surface area contributed by atoms with Crippen LogP contribution in [0.15, 0.2) is 47.8 Å². The molecular weight excluding hydrogens is 254 g/mol. The van der Waals surface area contributed by atoms with Crippen LogP contribution >= 0.6 is 11.3 Å². The lowest BCUT2D eigenvalue weighted by Crippen LogP contribution is -2.41. The van der Waals surface area contributed by atoms with Crippen LogP contribution in [0.5, 0.6) is 0 Å². The Hall–Kier alpha value is -1.61. The molecule has 2 rings (SSSR count). The summed E-state index contributed by atoms with van der Waals surface area (Å²) >= 11 is 1.66. The molecule has 0 fully saturated rings. The van der Waals surface area contributed by atoms with Gasteiger partial charge in [-0.1, -0.05) is 36.4 Å². The molecule has 1 aromatic carbocycles. The van der Waals surface area contributed by atoms with E-state index in [1.54, 1.807) is 11.3 Å². The van der Waals surface area contributed by atoms with E-state index < -0.39 is 5.41 Å². The van der Waals surface area contributed by atoms with Gasteiger partial charge in [0.15, 0.2) is 0 Å². The fourth-order valence-corrected chi connectivity index (χ4v) is 2.71. The third kappa shape index (κ3) is 3.04. The highest BCUT2D eigenvalue weighted by molar-refractivity contribution is 7.10. The van der Waals surface area contributed by atoms with E-state index in [4.69, 9.17) is 0 Å². The molecule has 0 saturated carbocycles. The van der Waals surface area contributed by atoms with Gasteiger partial charge in [-0.15, -0.1) is 11.3 Å². The predicted molar refractivity (Wildman–Crippen MR) is 80.3 cm³/mol. The highest BCUT2D eigenvalue weighted by Crippen LogP contribution is 2.25. The molecule has 0 saturated heterocycles. The molecule has 3 heteroatoms. The van der Waals surface area contributed by atoms with Gasteiger partial charge in [0, 0.05) is 4.88 Å². The van der Waals surface area contributed by atoms with Crippen LogP contribution in [-0.2, 0) is 10.2 Å². The lowest BCUT2D eigenvalue weighted by atomic mass is 9.83. The Labute approximate surface area is 118 Å². The van der Waals surface area contributed by atoms with Gasteiger partial charge in [-0.2, -0.15) is 0 Å². The Bertz CT molecular complexity index is 531. The van der Waals surface area contributed by atoms with Gasteiger partial charge < -0.3 is 5.32 Å². The number of amides is 1. The first-order valence-electron chi connectivity index (χ1n) is 6.41. The molecule has 2 aromatic rings. The summed E-state index contributed by atoms with van der Waals surface area (Å²) in [6.45, 7) is 5.93. The first kappa shape index (κ1) is 13.8. The van der Waals surface area contributed by atoms with Crippen LogP contribution in [-0.4, -0.2) is 5.91 Å². The summed E-state index contributed by atoms with van der Waals surface area (Å²) in [4.78, 5) is 13.6. The maximum Gasteiger partial charge on any atom is 0.230 e. The second kappa shape index (κ2) is 5.57. The van der Waals surface area contributed by atoms with Gasteiger partial charge in [0.2, 0.25) is 5.91 Å². The van der Waals surface area contributed by atoms with Crippen molar-refractivity contribution < 1.29 is 4.79 Å². The lowest BCUT2D eigenvalue weighted by molar-refractivity contribution is -0.126. The molecule has 1 atom stereocenters. The number of hydrogen-bond donors (Lipinski definition) is 1. The molecule has 1 amide bonds. The van der Waals surface area contributed by atoms with Crippen LogP contribution in [0, 0.1) is 0 Å². The monoisotopic (exact) mass is 273 g/mol. The van der Waals surface area contributed by atoms with Crippen molar-refractivity contribution in [2.24, 2.45) is 0 Å². The topological polar surface area (TPSA) is 29.1 Å². The molecule has 0 aliphatic rings. The highest BCUT2D eigenvalue weighted by atomic mass is 32.1. The van der Waals surface area contributed by atoms with Gasteiger partial charge >= 0.3 is 0 Å². The van der Waals surface area contributed by atoms with E-state index in [9.17, 15) is 4.79 Å². The molecule has 0 aliphatic heterocycles. The van der Waals surface area contributed by atoms with Crippen LogP contribution in [0.1, 0.15) is 37.3 Å². The van der Waals surface area contributed by atoms with Crippen LogP contribution < -0.4 is 5.32 Å². The molecule has 0 spiro atoms. The maximum absolute atomic E-state index is 12.5. The SMILES string of the molecule is CC(NC(=O)C(C)(C)c1ccccc1)c1cccs1. The van der Waals surface area contributed by atoms with Gasteiger partial charge in [-0.05, 0) is 37.8 Å². The number of nitrogens with one attached hydrogen (secondary N) is 1. The molecule has 100 valence electrons. The van der Waals surface area contributed by atoms with Crippen LogP contribution in [0.3, 0.4) is 0 Å². The quantitative estimate of drug-likeness (QED) is 0.899. The normalized spacial score (nSPS) is 13.0. The van der Waals surface area contributed by atoms with Gasteiger partial charge in [-0.25, -0.2) is 0 Å². The van der Waals surface area contributed by atoms with Crippen molar-refractivity contribution in [3.05, 3.63) is 58.3 Å². The van der Waals surface area contributed by atoms with Crippen molar-refractivity contribution in [3.63, 3.8) is 0 Å². The minimum atomic E-state index is -0.521. The van der Waals surface area contributed by atoms with Crippen molar-refractivity contribution in [3.8, 4) is 0 Å². The Morgan fingerprint density at radius 1 is 1.16 bits per heavy atom. The molecule has 1 aromatic heterocycles. The third-order valence-corrected chi connectivity index (χ3v) is 4.44. The van der Waals surface area contributed by atoms with Crippen LogP contribution in [0.4, 0.5) is 0 Å². The van der Waals surface area contributed by atoms with E-state index >= 15 is 0 Å². The summed E-state index contributed by atoms with van der Waals surface area (Å²) in [7, 11) is 0. The molecule has 1 N–H and O–H groups in total. The predicted octanol–water partition coefficient (Wildman–Crippen LogP) is 3.90. The number of hydrogen-bond acceptors (Lipinski definition) is 2. The zero-order chi connectivity index (χ0) is 13.9. The molecule has 19 heavy (non-hydrogen) atoms. The molecule has 2 nitrogen and oxygen atoms in total. The fraction of sp³-hybridized carbons (Fsp3) is 0.312. The third-order valence-electron chi connectivity index (χ3n) is 3.38. The van der Waals surface area contributed by atoms with Gasteiger partial charge in [0.05, 0.1) is 11.5 Å². The molecule has 1 heterocycles. The van der Waals surface area contributed by atoms with Gasteiger partial charge in [0.1, 0.15) is 0 Å². The average Bonchev–Trinajstić information content (AvgIpc) is 2.93. The average molecular weight is 273 g/mol. The van der Waals surface area contributed by atoms with Crippen LogP contribution in [0.2, 0.25) is 0 Å². The molecule has 0 radical (unpaired) electrons. The summed E-state index contributed by atoms with van der Waals surface area (Å²) in [5, 5.41) is 5.12. The number of thiophene rings is 1. The minimum absolute atomic E-state index is 0.0514. The van der Waals surface area contributed by atoms with E-state index in [1.165, 1.54) is 4.88 Å². The van der Waals surface area contributed by atoms with Crippen molar-refractivity contribution >= 4 is 17.2 Å². The summed E-state index contributed by atoms with van der Waals surface area (Å²) in [6, 6.07) is 14.0. The number of carbonyl (C=O) groups is 1. The Morgan fingerprint density at radius 3 is 2.42 bits per heavy atom. The minimum Gasteiger partial charge on any atom is -0.348 e. The smallest absolute Gasteiger partial charge is 0.230 e. The van der Waals surface area contributed by atoms with Gasteiger partial charge in [0.25, 0.3) is 0 Å². The van der Waals surface area contributed by atoms with Crippen molar-refractivity contribution in [2.75, 3.05) is 0 Å². The molecule has 1 unspecified atom stereocenters. The van der Waals surface area contributed by atoms with E-state index in [0.29, 0.717) is 0 Å². The maximum atomic E-state index is 12.5. The Morgan fingerprint density at radius 2 is 1.84 bits per heavy atom. The van der Waals surface area contributed by atoms with E-state index in [0.717, 1.165) is 5.56 Å². The van der Waals surface area contributed by atoms with Crippen molar-refractivity contribution in [2.45, 2.75) is 32.2 Å². The van der Waals surface area contributed by atoms with E-state index in [-0.39, 0.29) is 11.9 Å². The summed E-state index contributed by atoms with van der Waals surface area (Å²) in [5.74, 6) is 0.0552. The lowest BCUT2D eigenvalue weighted by Gasteiger charge is -2.26. The number of benzene rings is 1. The second-order valence-electron chi connectivity index (χ2n) is 5.20.